The largest absolute Gasteiger partial charge is 0.334 e. The van der Waals surface area contributed by atoms with Crippen LogP contribution in [0.3, 0.4) is 0 Å². The summed E-state index contributed by atoms with van der Waals surface area (Å²) in [6.45, 7) is 4.04. The summed E-state index contributed by atoms with van der Waals surface area (Å²) in [4.78, 5) is 16.6. The summed E-state index contributed by atoms with van der Waals surface area (Å²) in [5.41, 5.74) is 1.30. The minimum absolute atomic E-state index is 0.140. The van der Waals surface area contributed by atoms with E-state index in [9.17, 15) is 13.2 Å². The predicted molar refractivity (Wildman–Crippen MR) is 114 cm³/mol. The van der Waals surface area contributed by atoms with Gasteiger partial charge in [-0.1, -0.05) is 12.1 Å². The molecule has 1 aromatic carbocycles. The van der Waals surface area contributed by atoms with Crippen LogP contribution in [0.25, 0.3) is 5.82 Å². The SMILES string of the molecule is C=CCN(C)S(=O)(=O)c1ccc(NC(=O)NCc2ccc(-n3cccn3)nc2)cc1. The van der Waals surface area contributed by atoms with Crippen molar-refractivity contribution in [3.8, 4) is 5.82 Å². The van der Waals surface area contributed by atoms with Crippen LogP contribution < -0.4 is 10.6 Å². The van der Waals surface area contributed by atoms with Gasteiger partial charge in [-0.25, -0.2) is 22.9 Å². The summed E-state index contributed by atoms with van der Waals surface area (Å²) in [7, 11) is -2.11. The number of amides is 2. The summed E-state index contributed by atoms with van der Waals surface area (Å²) in [6.07, 6.45) is 6.64. The number of pyridine rings is 1. The van der Waals surface area contributed by atoms with Crippen LogP contribution in [-0.4, -0.2) is 47.1 Å². The molecule has 0 fully saturated rings. The molecule has 0 aliphatic heterocycles. The van der Waals surface area contributed by atoms with E-state index in [0.29, 0.717) is 11.5 Å². The van der Waals surface area contributed by atoms with Gasteiger partial charge in [0.15, 0.2) is 5.82 Å². The van der Waals surface area contributed by atoms with Gasteiger partial charge in [-0.15, -0.1) is 6.58 Å². The smallest absolute Gasteiger partial charge is 0.319 e. The number of nitrogens with one attached hydrogen (secondary N) is 2. The van der Waals surface area contributed by atoms with Crippen LogP contribution in [0.2, 0.25) is 0 Å². The van der Waals surface area contributed by atoms with Crippen molar-refractivity contribution in [3.05, 3.63) is 79.3 Å². The molecule has 30 heavy (non-hydrogen) atoms. The molecule has 2 heterocycles. The molecular formula is C20H22N6O3S. The third-order valence-electron chi connectivity index (χ3n) is 4.21. The molecule has 2 amide bonds. The third-order valence-corrected chi connectivity index (χ3v) is 6.05. The summed E-state index contributed by atoms with van der Waals surface area (Å²) < 4.78 is 27.6. The van der Waals surface area contributed by atoms with Gasteiger partial charge in [0.2, 0.25) is 10.0 Å². The van der Waals surface area contributed by atoms with E-state index in [4.69, 9.17) is 0 Å². The Balaban J connectivity index is 1.54. The highest BCUT2D eigenvalue weighted by atomic mass is 32.2. The summed E-state index contributed by atoms with van der Waals surface area (Å²) in [5, 5.41) is 9.51. The van der Waals surface area contributed by atoms with Crippen molar-refractivity contribution in [2.75, 3.05) is 18.9 Å². The summed E-state index contributed by atoms with van der Waals surface area (Å²) in [6, 6.07) is 11.0. The van der Waals surface area contributed by atoms with Crippen molar-refractivity contribution in [3.63, 3.8) is 0 Å². The zero-order valence-corrected chi connectivity index (χ0v) is 17.2. The molecule has 0 aliphatic carbocycles. The maximum atomic E-state index is 12.4. The number of urea groups is 1. The molecule has 0 radical (unpaired) electrons. The molecule has 2 N–H and O–H groups in total. The van der Waals surface area contributed by atoms with Gasteiger partial charge in [-0.2, -0.15) is 9.40 Å². The molecular weight excluding hydrogens is 404 g/mol. The zero-order chi connectivity index (χ0) is 21.6. The standard InChI is InChI=1S/C20H22N6O3S/c1-3-12-25(2)30(28,29)18-8-6-17(7-9-18)24-20(27)22-15-16-5-10-19(21-14-16)26-13-4-11-23-26/h3-11,13-14H,1,12,15H2,2H3,(H2,22,24,27). The van der Waals surface area contributed by atoms with Crippen molar-refractivity contribution in [1.29, 1.82) is 0 Å². The van der Waals surface area contributed by atoms with Gasteiger partial charge < -0.3 is 10.6 Å². The van der Waals surface area contributed by atoms with Crippen molar-refractivity contribution < 1.29 is 13.2 Å². The number of sulfonamides is 1. The minimum Gasteiger partial charge on any atom is -0.334 e. The highest BCUT2D eigenvalue weighted by Crippen LogP contribution is 2.17. The molecule has 0 saturated carbocycles. The quantitative estimate of drug-likeness (QED) is 0.538. The second kappa shape index (κ2) is 9.33. The lowest BCUT2D eigenvalue weighted by atomic mass is 10.3. The number of likely N-dealkylation sites (N-methyl/N-ethyl adjacent to an activating group) is 1. The third kappa shape index (κ3) is 5.10. The first-order valence-corrected chi connectivity index (χ1v) is 10.5. The van der Waals surface area contributed by atoms with Gasteiger partial charge in [0.1, 0.15) is 0 Å². The van der Waals surface area contributed by atoms with Gasteiger partial charge in [-0.3, -0.25) is 0 Å². The number of benzene rings is 1. The Labute approximate surface area is 175 Å². The number of carbonyl (C=O) groups excluding carboxylic acids is 1. The van der Waals surface area contributed by atoms with Gasteiger partial charge >= 0.3 is 6.03 Å². The molecule has 0 spiro atoms. The maximum absolute atomic E-state index is 12.4. The normalized spacial score (nSPS) is 11.3. The Morgan fingerprint density at radius 1 is 1.23 bits per heavy atom. The fourth-order valence-electron chi connectivity index (χ4n) is 2.59. The second-order valence-corrected chi connectivity index (χ2v) is 8.43. The lowest BCUT2D eigenvalue weighted by Crippen LogP contribution is -2.28. The minimum atomic E-state index is -3.59. The lowest BCUT2D eigenvalue weighted by Gasteiger charge is -2.15. The van der Waals surface area contributed by atoms with Crippen molar-refractivity contribution >= 4 is 21.7 Å². The number of aromatic nitrogens is 3. The highest BCUT2D eigenvalue weighted by Gasteiger charge is 2.19. The highest BCUT2D eigenvalue weighted by molar-refractivity contribution is 7.89. The van der Waals surface area contributed by atoms with Crippen LogP contribution in [0.5, 0.6) is 0 Å². The molecule has 0 saturated heterocycles. The van der Waals surface area contributed by atoms with E-state index < -0.39 is 16.1 Å². The van der Waals surface area contributed by atoms with Crippen LogP contribution in [0.15, 0.2) is 78.6 Å². The molecule has 156 valence electrons. The van der Waals surface area contributed by atoms with E-state index in [1.54, 1.807) is 23.3 Å². The summed E-state index contributed by atoms with van der Waals surface area (Å²) >= 11 is 0. The van der Waals surface area contributed by atoms with Gasteiger partial charge in [0.05, 0.1) is 4.90 Å². The molecule has 0 aliphatic rings. The number of anilines is 1. The molecule has 3 rings (SSSR count). The van der Waals surface area contributed by atoms with E-state index in [-0.39, 0.29) is 18.0 Å². The Morgan fingerprint density at radius 3 is 2.60 bits per heavy atom. The number of nitrogens with zero attached hydrogens (tertiary/aromatic N) is 4. The van der Waals surface area contributed by atoms with Crippen LogP contribution in [0.4, 0.5) is 10.5 Å². The van der Waals surface area contributed by atoms with Crippen molar-refractivity contribution in [2.24, 2.45) is 0 Å². The molecule has 9 nitrogen and oxygen atoms in total. The first kappa shape index (κ1) is 21.2. The fourth-order valence-corrected chi connectivity index (χ4v) is 3.73. The molecule has 3 aromatic rings. The number of hydrogen-bond acceptors (Lipinski definition) is 5. The topological polar surface area (TPSA) is 109 Å². The van der Waals surface area contributed by atoms with Crippen LogP contribution in [0, 0.1) is 0 Å². The Bertz CT molecular complexity index is 1090. The van der Waals surface area contributed by atoms with Crippen LogP contribution >= 0.6 is 0 Å². The lowest BCUT2D eigenvalue weighted by molar-refractivity contribution is 0.251. The molecule has 0 unspecified atom stereocenters. The van der Waals surface area contributed by atoms with E-state index in [1.165, 1.54) is 41.7 Å². The fraction of sp³-hybridized carbons (Fsp3) is 0.150. The van der Waals surface area contributed by atoms with Gasteiger partial charge in [0, 0.05) is 44.4 Å². The molecule has 0 bridgehead atoms. The second-order valence-electron chi connectivity index (χ2n) is 6.38. The van der Waals surface area contributed by atoms with Crippen molar-refractivity contribution in [2.45, 2.75) is 11.4 Å². The molecule has 2 aromatic heterocycles. The average molecular weight is 427 g/mol. The van der Waals surface area contributed by atoms with E-state index >= 15 is 0 Å². The van der Waals surface area contributed by atoms with E-state index in [1.807, 2.05) is 18.2 Å². The zero-order valence-electron chi connectivity index (χ0n) is 16.4. The van der Waals surface area contributed by atoms with E-state index in [2.05, 4.69) is 27.3 Å². The Hall–Kier alpha value is -3.50. The molecule has 0 atom stereocenters. The first-order chi connectivity index (χ1) is 14.4. The Morgan fingerprint density at radius 2 is 2.00 bits per heavy atom. The van der Waals surface area contributed by atoms with Crippen LogP contribution in [-0.2, 0) is 16.6 Å². The van der Waals surface area contributed by atoms with Crippen LogP contribution in [0.1, 0.15) is 5.56 Å². The number of rotatable bonds is 8. The maximum Gasteiger partial charge on any atom is 0.319 e. The average Bonchev–Trinajstić information content (AvgIpc) is 3.28. The van der Waals surface area contributed by atoms with Gasteiger partial charge in [0.25, 0.3) is 0 Å². The Kier molecular flexibility index (Phi) is 6.60. The van der Waals surface area contributed by atoms with Gasteiger partial charge in [-0.05, 0) is 42.0 Å². The summed E-state index contributed by atoms with van der Waals surface area (Å²) in [5.74, 6) is 0.682. The first-order valence-electron chi connectivity index (χ1n) is 9.07. The van der Waals surface area contributed by atoms with E-state index in [0.717, 1.165) is 5.56 Å². The predicted octanol–water partition coefficient (Wildman–Crippen LogP) is 2.40. The number of hydrogen-bond donors (Lipinski definition) is 2. The van der Waals surface area contributed by atoms with Crippen molar-refractivity contribution in [1.82, 2.24) is 24.4 Å². The number of carbonyl (C=O) groups is 1. The molecule has 10 heteroatoms. The monoisotopic (exact) mass is 426 g/mol.